The van der Waals surface area contributed by atoms with Gasteiger partial charge in [-0.15, -0.1) is 0 Å². The van der Waals surface area contributed by atoms with Crippen molar-refractivity contribution in [1.82, 2.24) is 5.32 Å². The first-order chi connectivity index (χ1) is 10.1. The first kappa shape index (κ1) is 17.5. The molecule has 1 aromatic carbocycles. The number of benzene rings is 1. The average Bonchev–Trinajstić information content (AvgIpc) is 2.47. The topological polar surface area (TPSA) is 47.6 Å². The maximum absolute atomic E-state index is 11.9. The molecule has 0 aliphatic heterocycles. The highest BCUT2D eigenvalue weighted by Gasteiger charge is 2.20. The minimum atomic E-state index is -0.544. The normalized spacial score (nSPS) is 12.0. The van der Waals surface area contributed by atoms with E-state index in [1.165, 1.54) is 5.56 Å². The van der Waals surface area contributed by atoms with Crippen molar-refractivity contribution in [2.24, 2.45) is 0 Å². The van der Waals surface area contributed by atoms with Crippen molar-refractivity contribution < 1.29 is 14.3 Å². The molecule has 118 valence electrons. The van der Waals surface area contributed by atoms with Gasteiger partial charge in [-0.05, 0) is 39.3 Å². The van der Waals surface area contributed by atoms with Gasteiger partial charge in [-0.25, -0.2) is 4.79 Å². The maximum atomic E-state index is 11.9. The minimum Gasteiger partial charge on any atom is -0.478 e. The zero-order chi connectivity index (χ0) is 15.7. The smallest absolute Gasteiger partial charge is 0.347 e. The molecule has 1 atom stereocenters. The van der Waals surface area contributed by atoms with Gasteiger partial charge in [0.25, 0.3) is 0 Å². The quantitative estimate of drug-likeness (QED) is 0.561. The fraction of sp³-hybridized carbons (Fsp3) is 0.588. The third-order valence-corrected chi connectivity index (χ3v) is 3.15. The summed E-state index contributed by atoms with van der Waals surface area (Å²) in [5.41, 5.74) is 2.26. The van der Waals surface area contributed by atoms with Gasteiger partial charge >= 0.3 is 5.97 Å². The lowest BCUT2D eigenvalue weighted by Gasteiger charge is -2.19. The van der Waals surface area contributed by atoms with Gasteiger partial charge in [-0.3, -0.25) is 0 Å². The third-order valence-electron chi connectivity index (χ3n) is 3.15. The molecule has 0 amide bonds. The fourth-order valence-corrected chi connectivity index (χ4v) is 2.05. The lowest BCUT2D eigenvalue weighted by Crippen LogP contribution is -2.29. The molecule has 1 aromatic rings. The van der Waals surface area contributed by atoms with Gasteiger partial charge < -0.3 is 14.8 Å². The van der Waals surface area contributed by atoms with Crippen molar-refractivity contribution in [2.45, 2.75) is 53.2 Å². The molecule has 0 saturated heterocycles. The van der Waals surface area contributed by atoms with Gasteiger partial charge in [-0.2, -0.15) is 0 Å². The average molecular weight is 293 g/mol. The molecule has 1 rings (SSSR count). The molecule has 0 fully saturated rings. The number of ether oxygens (including phenoxy) is 2. The molecule has 0 aliphatic rings. The van der Waals surface area contributed by atoms with Crippen molar-refractivity contribution in [1.29, 1.82) is 0 Å². The van der Waals surface area contributed by atoms with E-state index in [1.807, 2.05) is 19.1 Å². The first-order valence-electron chi connectivity index (χ1n) is 7.75. The van der Waals surface area contributed by atoms with Gasteiger partial charge in [0.15, 0.2) is 6.10 Å². The molecular weight excluding hydrogens is 266 g/mol. The predicted octanol–water partition coefficient (Wildman–Crippen LogP) is 3.22. The first-order valence-corrected chi connectivity index (χ1v) is 7.75. The van der Waals surface area contributed by atoms with E-state index >= 15 is 0 Å². The Morgan fingerprint density at radius 1 is 1.29 bits per heavy atom. The van der Waals surface area contributed by atoms with Gasteiger partial charge in [0, 0.05) is 12.1 Å². The number of hydrogen-bond acceptors (Lipinski definition) is 4. The zero-order valence-electron chi connectivity index (χ0n) is 13.6. The second-order valence-electron chi connectivity index (χ2n) is 5.05. The molecule has 0 saturated carbocycles. The molecule has 1 unspecified atom stereocenters. The Morgan fingerprint density at radius 3 is 2.67 bits per heavy atom. The van der Waals surface area contributed by atoms with Crippen molar-refractivity contribution in [2.75, 3.05) is 13.2 Å². The van der Waals surface area contributed by atoms with E-state index in [-0.39, 0.29) is 5.97 Å². The second kappa shape index (κ2) is 9.40. The summed E-state index contributed by atoms with van der Waals surface area (Å²) in [6.45, 7) is 9.98. The third kappa shape index (κ3) is 5.76. The number of esters is 1. The number of rotatable bonds is 9. The standard InChI is InChI=1S/C17H27NO3/c1-5-10-18-12-14-11-13(4)8-9-16(14)21-15(6-2)17(19)20-7-3/h8-9,11,15,18H,5-7,10,12H2,1-4H3. The molecule has 0 aliphatic carbocycles. The summed E-state index contributed by atoms with van der Waals surface area (Å²) in [7, 11) is 0. The van der Waals surface area contributed by atoms with Gasteiger partial charge in [0.05, 0.1) is 6.61 Å². The number of carbonyl (C=O) groups excluding carboxylic acids is 1. The van der Waals surface area contributed by atoms with Crippen LogP contribution in [0, 0.1) is 6.92 Å². The highest BCUT2D eigenvalue weighted by Crippen LogP contribution is 2.22. The van der Waals surface area contributed by atoms with Crippen LogP contribution in [-0.4, -0.2) is 25.2 Å². The van der Waals surface area contributed by atoms with Crippen LogP contribution in [0.3, 0.4) is 0 Å². The monoisotopic (exact) mass is 293 g/mol. The largest absolute Gasteiger partial charge is 0.478 e. The number of hydrogen-bond donors (Lipinski definition) is 1. The lowest BCUT2D eigenvalue weighted by molar-refractivity contribution is -0.151. The predicted molar refractivity (Wildman–Crippen MR) is 84.5 cm³/mol. The van der Waals surface area contributed by atoms with E-state index in [9.17, 15) is 4.79 Å². The lowest BCUT2D eigenvalue weighted by atomic mass is 10.1. The number of aryl methyl sites for hydroxylation is 1. The molecule has 4 heteroatoms. The van der Waals surface area contributed by atoms with Crippen molar-refractivity contribution in [3.8, 4) is 5.75 Å². The Balaban J connectivity index is 2.82. The van der Waals surface area contributed by atoms with E-state index in [0.29, 0.717) is 13.0 Å². The molecule has 1 N–H and O–H groups in total. The molecule has 0 heterocycles. The van der Waals surface area contributed by atoms with Gasteiger partial charge in [0.2, 0.25) is 0 Å². The van der Waals surface area contributed by atoms with Crippen molar-refractivity contribution in [3.05, 3.63) is 29.3 Å². The molecule has 0 aromatic heterocycles. The van der Waals surface area contributed by atoms with Crippen LogP contribution in [0.2, 0.25) is 0 Å². The van der Waals surface area contributed by atoms with Gasteiger partial charge in [-0.1, -0.05) is 31.5 Å². The van der Waals surface area contributed by atoms with Crippen molar-refractivity contribution >= 4 is 5.97 Å². The molecule has 0 spiro atoms. The van der Waals surface area contributed by atoms with E-state index < -0.39 is 6.10 Å². The maximum Gasteiger partial charge on any atom is 0.347 e. The Kier molecular flexibility index (Phi) is 7.83. The number of nitrogens with one attached hydrogen (secondary N) is 1. The summed E-state index contributed by atoms with van der Waals surface area (Å²) < 4.78 is 10.9. The minimum absolute atomic E-state index is 0.298. The summed E-state index contributed by atoms with van der Waals surface area (Å²) in [4.78, 5) is 11.9. The molecule has 0 radical (unpaired) electrons. The van der Waals surface area contributed by atoms with E-state index in [0.717, 1.165) is 30.8 Å². The summed E-state index contributed by atoms with van der Waals surface area (Å²) in [5.74, 6) is 0.456. The van der Waals surface area contributed by atoms with E-state index in [4.69, 9.17) is 9.47 Å². The SMILES string of the molecule is CCCNCc1cc(C)ccc1OC(CC)C(=O)OCC. The highest BCUT2D eigenvalue weighted by atomic mass is 16.6. The van der Waals surface area contributed by atoms with Crippen LogP contribution in [-0.2, 0) is 16.1 Å². The molecule has 0 bridgehead atoms. The van der Waals surface area contributed by atoms with E-state index in [1.54, 1.807) is 6.92 Å². The summed E-state index contributed by atoms with van der Waals surface area (Å²) >= 11 is 0. The summed E-state index contributed by atoms with van der Waals surface area (Å²) in [6, 6.07) is 6.02. The highest BCUT2D eigenvalue weighted by molar-refractivity contribution is 5.75. The molecule has 4 nitrogen and oxygen atoms in total. The van der Waals surface area contributed by atoms with E-state index in [2.05, 4.69) is 25.2 Å². The zero-order valence-corrected chi connectivity index (χ0v) is 13.6. The number of carbonyl (C=O) groups is 1. The Labute approximate surface area is 127 Å². The summed E-state index contributed by atoms with van der Waals surface area (Å²) in [6.07, 6.45) is 1.13. The van der Waals surface area contributed by atoms with Crippen LogP contribution < -0.4 is 10.1 Å². The van der Waals surface area contributed by atoms with Crippen LogP contribution in [0.1, 0.15) is 44.7 Å². The fourth-order valence-electron chi connectivity index (χ4n) is 2.05. The van der Waals surface area contributed by atoms with Gasteiger partial charge in [0.1, 0.15) is 5.75 Å². The summed E-state index contributed by atoms with van der Waals surface area (Å²) in [5, 5.41) is 3.37. The van der Waals surface area contributed by atoms with Crippen LogP contribution in [0.15, 0.2) is 18.2 Å². The van der Waals surface area contributed by atoms with Crippen LogP contribution >= 0.6 is 0 Å². The molecule has 21 heavy (non-hydrogen) atoms. The van der Waals surface area contributed by atoms with Crippen LogP contribution in [0.4, 0.5) is 0 Å². The van der Waals surface area contributed by atoms with Crippen LogP contribution in [0.5, 0.6) is 5.75 Å². The Hall–Kier alpha value is -1.55. The Morgan fingerprint density at radius 2 is 2.05 bits per heavy atom. The second-order valence-corrected chi connectivity index (χ2v) is 5.05. The molecular formula is C17H27NO3. The van der Waals surface area contributed by atoms with Crippen molar-refractivity contribution in [3.63, 3.8) is 0 Å². The Bertz CT molecular complexity index is 446. The van der Waals surface area contributed by atoms with Crippen LogP contribution in [0.25, 0.3) is 0 Å².